The van der Waals surface area contributed by atoms with Crippen LogP contribution < -0.4 is 5.32 Å². The number of halogens is 1. The molecule has 0 saturated carbocycles. The van der Waals surface area contributed by atoms with Gasteiger partial charge in [-0.25, -0.2) is 14.5 Å². The lowest BCUT2D eigenvalue weighted by Crippen LogP contribution is -2.13. The number of rotatable bonds is 3. The quantitative estimate of drug-likeness (QED) is 0.612. The molecule has 6 nitrogen and oxygen atoms in total. The van der Waals surface area contributed by atoms with Gasteiger partial charge < -0.3 is 5.32 Å². The number of carbonyl (C=O) groups is 1. The Hall–Kier alpha value is -3.25. The Morgan fingerprint density at radius 1 is 1.04 bits per heavy atom. The molecular formula is C18H12ClN5O. The number of pyridine rings is 1. The van der Waals surface area contributed by atoms with E-state index in [4.69, 9.17) is 11.6 Å². The van der Waals surface area contributed by atoms with E-state index < -0.39 is 0 Å². The Morgan fingerprint density at radius 3 is 2.64 bits per heavy atom. The molecule has 0 bridgehead atoms. The summed E-state index contributed by atoms with van der Waals surface area (Å²) in [6.45, 7) is 0. The molecule has 1 aromatic carbocycles. The molecule has 4 aromatic rings. The molecule has 4 rings (SSSR count). The lowest BCUT2D eigenvalue weighted by atomic mass is 10.1. The van der Waals surface area contributed by atoms with Gasteiger partial charge in [0.15, 0.2) is 11.5 Å². The van der Waals surface area contributed by atoms with Crippen molar-refractivity contribution in [2.45, 2.75) is 0 Å². The van der Waals surface area contributed by atoms with Crippen LogP contribution in [0.1, 0.15) is 10.4 Å². The molecule has 0 radical (unpaired) electrons. The van der Waals surface area contributed by atoms with Crippen molar-refractivity contribution in [2.75, 3.05) is 5.32 Å². The molecule has 3 heterocycles. The maximum atomic E-state index is 12.3. The maximum absolute atomic E-state index is 12.3. The Balaban J connectivity index is 1.60. The van der Waals surface area contributed by atoms with E-state index in [1.165, 1.54) is 0 Å². The summed E-state index contributed by atoms with van der Waals surface area (Å²) in [5.41, 5.74) is 3.11. The Kier molecular flexibility index (Phi) is 3.87. The van der Waals surface area contributed by atoms with E-state index in [0.29, 0.717) is 16.4 Å². The van der Waals surface area contributed by atoms with Crippen LogP contribution in [-0.4, -0.2) is 25.5 Å². The van der Waals surface area contributed by atoms with E-state index in [2.05, 4.69) is 20.4 Å². The summed E-state index contributed by atoms with van der Waals surface area (Å²) >= 11 is 6.01. The first-order valence-electron chi connectivity index (χ1n) is 7.53. The van der Waals surface area contributed by atoms with Crippen molar-refractivity contribution >= 4 is 29.0 Å². The molecule has 0 aliphatic heterocycles. The molecule has 7 heteroatoms. The second kappa shape index (κ2) is 6.33. The van der Waals surface area contributed by atoms with E-state index in [1.54, 1.807) is 47.4 Å². The van der Waals surface area contributed by atoms with Gasteiger partial charge in [0.25, 0.3) is 5.91 Å². The van der Waals surface area contributed by atoms with Gasteiger partial charge in [-0.3, -0.25) is 4.79 Å². The van der Waals surface area contributed by atoms with Crippen LogP contribution in [0.2, 0.25) is 5.02 Å². The van der Waals surface area contributed by atoms with Crippen LogP contribution in [-0.2, 0) is 0 Å². The van der Waals surface area contributed by atoms with Crippen LogP contribution in [0.15, 0.2) is 67.3 Å². The van der Waals surface area contributed by atoms with Gasteiger partial charge in [0.2, 0.25) is 0 Å². The average Bonchev–Trinajstić information content (AvgIpc) is 3.08. The molecule has 0 atom stereocenters. The second-order valence-electron chi connectivity index (χ2n) is 5.31. The summed E-state index contributed by atoms with van der Waals surface area (Å²) < 4.78 is 1.71. The molecule has 0 spiro atoms. The summed E-state index contributed by atoms with van der Waals surface area (Å²) in [5, 5.41) is 7.36. The van der Waals surface area contributed by atoms with Crippen LogP contribution in [0.4, 0.5) is 5.82 Å². The van der Waals surface area contributed by atoms with E-state index >= 15 is 0 Å². The Morgan fingerprint density at radius 2 is 1.84 bits per heavy atom. The van der Waals surface area contributed by atoms with Crippen LogP contribution in [0, 0.1) is 0 Å². The monoisotopic (exact) mass is 349 g/mol. The van der Waals surface area contributed by atoms with Gasteiger partial charge in [0, 0.05) is 29.7 Å². The van der Waals surface area contributed by atoms with Crippen LogP contribution in [0.5, 0.6) is 0 Å². The fraction of sp³-hybridized carbons (Fsp3) is 0. The van der Waals surface area contributed by atoms with Gasteiger partial charge in [0.1, 0.15) is 0 Å². The van der Waals surface area contributed by atoms with Gasteiger partial charge >= 0.3 is 0 Å². The maximum Gasteiger partial charge on any atom is 0.256 e. The molecular weight excluding hydrogens is 338 g/mol. The van der Waals surface area contributed by atoms with Crippen molar-refractivity contribution < 1.29 is 4.79 Å². The minimum absolute atomic E-state index is 0.273. The van der Waals surface area contributed by atoms with Crippen molar-refractivity contribution in [3.05, 3.63) is 77.8 Å². The molecule has 1 amide bonds. The van der Waals surface area contributed by atoms with Gasteiger partial charge in [-0.05, 0) is 35.9 Å². The topological polar surface area (TPSA) is 72.2 Å². The first-order chi connectivity index (χ1) is 12.2. The van der Waals surface area contributed by atoms with Crippen LogP contribution >= 0.6 is 11.6 Å². The predicted octanol–water partition coefficient (Wildman–Crippen LogP) is 3.70. The van der Waals surface area contributed by atoms with Crippen LogP contribution in [0.3, 0.4) is 0 Å². The average molecular weight is 350 g/mol. The fourth-order valence-electron chi connectivity index (χ4n) is 2.49. The highest BCUT2D eigenvalue weighted by atomic mass is 35.5. The zero-order valence-electron chi connectivity index (χ0n) is 12.9. The molecule has 122 valence electrons. The number of anilines is 1. The summed E-state index contributed by atoms with van der Waals surface area (Å²) in [4.78, 5) is 20.7. The molecule has 0 fully saturated rings. The fourth-order valence-corrected chi connectivity index (χ4v) is 2.66. The van der Waals surface area contributed by atoms with E-state index in [9.17, 15) is 4.79 Å². The van der Waals surface area contributed by atoms with Crippen molar-refractivity contribution in [2.24, 2.45) is 0 Å². The van der Waals surface area contributed by atoms with Gasteiger partial charge in [-0.1, -0.05) is 23.7 Å². The number of carbonyl (C=O) groups excluding carboxylic acids is 1. The lowest BCUT2D eigenvalue weighted by Gasteiger charge is -2.06. The first-order valence-corrected chi connectivity index (χ1v) is 7.91. The highest BCUT2D eigenvalue weighted by Crippen LogP contribution is 2.24. The molecule has 0 unspecified atom stereocenters. The number of amides is 1. The number of nitrogens with one attached hydrogen (secondary N) is 1. The molecule has 0 aliphatic rings. The number of benzene rings is 1. The zero-order valence-corrected chi connectivity index (χ0v) is 13.7. The SMILES string of the molecule is O=C(Nc1ncccc1Cl)c1ccc(-c2cnn3cccnc23)cc1. The first kappa shape index (κ1) is 15.3. The second-order valence-corrected chi connectivity index (χ2v) is 5.72. The number of hydrogen-bond donors (Lipinski definition) is 1. The summed E-state index contributed by atoms with van der Waals surface area (Å²) in [5.74, 6) is 0.0650. The number of fused-ring (bicyclic) bond motifs is 1. The molecule has 25 heavy (non-hydrogen) atoms. The molecule has 3 aromatic heterocycles. The highest BCUT2D eigenvalue weighted by Gasteiger charge is 2.11. The largest absolute Gasteiger partial charge is 0.305 e. The lowest BCUT2D eigenvalue weighted by molar-refractivity contribution is 0.102. The van der Waals surface area contributed by atoms with Gasteiger partial charge in [-0.15, -0.1) is 0 Å². The number of nitrogens with zero attached hydrogens (tertiary/aromatic N) is 4. The normalized spacial score (nSPS) is 10.8. The number of hydrogen-bond acceptors (Lipinski definition) is 4. The molecule has 0 saturated heterocycles. The van der Waals surface area contributed by atoms with E-state index in [0.717, 1.165) is 16.8 Å². The highest BCUT2D eigenvalue weighted by molar-refractivity contribution is 6.33. The van der Waals surface area contributed by atoms with Crippen molar-refractivity contribution in [1.29, 1.82) is 0 Å². The third-order valence-corrected chi connectivity index (χ3v) is 4.03. The van der Waals surface area contributed by atoms with Crippen molar-refractivity contribution in [3.63, 3.8) is 0 Å². The molecule has 1 N–H and O–H groups in total. The van der Waals surface area contributed by atoms with E-state index in [-0.39, 0.29) is 5.91 Å². The number of aromatic nitrogens is 4. The zero-order chi connectivity index (χ0) is 17.2. The third kappa shape index (κ3) is 2.95. The smallest absolute Gasteiger partial charge is 0.256 e. The van der Waals surface area contributed by atoms with Gasteiger partial charge in [-0.2, -0.15) is 5.10 Å². The minimum atomic E-state index is -0.273. The minimum Gasteiger partial charge on any atom is -0.305 e. The van der Waals surface area contributed by atoms with Crippen molar-refractivity contribution in [3.8, 4) is 11.1 Å². The third-order valence-electron chi connectivity index (χ3n) is 3.73. The van der Waals surface area contributed by atoms with E-state index in [1.807, 2.05) is 24.4 Å². The van der Waals surface area contributed by atoms with Crippen LogP contribution in [0.25, 0.3) is 16.8 Å². The summed E-state index contributed by atoms with van der Waals surface area (Å²) in [6, 6.07) is 12.4. The Bertz CT molecular complexity index is 1060. The van der Waals surface area contributed by atoms with Crippen molar-refractivity contribution in [1.82, 2.24) is 19.6 Å². The summed E-state index contributed by atoms with van der Waals surface area (Å²) in [7, 11) is 0. The molecule has 0 aliphatic carbocycles. The predicted molar refractivity (Wildman–Crippen MR) is 95.6 cm³/mol. The summed E-state index contributed by atoms with van der Waals surface area (Å²) in [6.07, 6.45) is 6.89. The standard InChI is InChI=1S/C18H12ClN5O/c19-15-3-1-8-20-16(15)23-18(25)13-6-4-12(5-7-13)14-11-22-24-10-2-9-21-17(14)24/h1-11H,(H,20,23,25). The van der Waals surface area contributed by atoms with Gasteiger partial charge in [0.05, 0.1) is 11.2 Å². The Labute approximate surface area is 148 Å².